The summed E-state index contributed by atoms with van der Waals surface area (Å²) in [6.07, 6.45) is 1.86. The molecule has 8 nitrogen and oxygen atoms in total. The summed E-state index contributed by atoms with van der Waals surface area (Å²) in [6, 6.07) is 5.75. The van der Waals surface area contributed by atoms with Gasteiger partial charge in [-0.3, -0.25) is 4.79 Å². The maximum Gasteiger partial charge on any atom is 0.288 e. The molecule has 1 aromatic carbocycles. The molecule has 0 saturated heterocycles. The number of benzene rings is 1. The van der Waals surface area contributed by atoms with Crippen LogP contribution in [-0.2, 0) is 21.1 Å². The summed E-state index contributed by atoms with van der Waals surface area (Å²) in [5, 5.41) is 6.64. The molecule has 2 heterocycles. The van der Waals surface area contributed by atoms with E-state index in [1.54, 1.807) is 7.11 Å². The zero-order valence-electron chi connectivity index (χ0n) is 13.9. The van der Waals surface area contributed by atoms with Gasteiger partial charge < -0.3 is 15.0 Å². The Balaban J connectivity index is 2.26. The minimum atomic E-state index is -3.97. The van der Waals surface area contributed by atoms with Crippen LogP contribution in [-0.4, -0.2) is 36.9 Å². The van der Waals surface area contributed by atoms with E-state index in [4.69, 9.17) is 22.1 Å². The fourth-order valence-corrected chi connectivity index (χ4v) is 4.50. The Morgan fingerprint density at radius 1 is 1.31 bits per heavy atom. The van der Waals surface area contributed by atoms with Crippen LogP contribution in [0.25, 0.3) is 10.9 Å². The van der Waals surface area contributed by atoms with Crippen molar-refractivity contribution in [2.45, 2.75) is 22.8 Å². The summed E-state index contributed by atoms with van der Waals surface area (Å²) in [4.78, 5) is 12.2. The topological polar surface area (TPSA) is 120 Å². The number of fused-ring (bicyclic) bond motifs is 1. The van der Waals surface area contributed by atoms with E-state index in [1.807, 2.05) is 0 Å². The first kappa shape index (κ1) is 18.4. The molecule has 10 heteroatoms. The number of nitrogens with one attached hydrogen (secondary N) is 1. The van der Waals surface area contributed by atoms with E-state index in [2.05, 4.69) is 10.2 Å². The number of ether oxygens (including phenoxy) is 1. The van der Waals surface area contributed by atoms with Crippen molar-refractivity contribution >= 4 is 38.2 Å². The molecule has 0 unspecified atom stereocenters. The van der Waals surface area contributed by atoms with Gasteiger partial charge in [0.25, 0.3) is 5.56 Å². The predicted molar refractivity (Wildman–Crippen MR) is 98.2 cm³/mol. The van der Waals surface area contributed by atoms with Crippen LogP contribution in [0.3, 0.4) is 0 Å². The molecule has 0 radical (unpaired) electrons. The van der Waals surface area contributed by atoms with E-state index in [0.29, 0.717) is 24.6 Å². The highest BCUT2D eigenvalue weighted by Gasteiger charge is 2.29. The lowest BCUT2D eigenvalue weighted by atomic mass is 10.3. The number of aromatic nitrogens is 3. The van der Waals surface area contributed by atoms with Crippen LogP contribution in [0, 0.1) is 0 Å². The van der Waals surface area contributed by atoms with Crippen molar-refractivity contribution in [2.75, 3.05) is 19.5 Å². The predicted octanol–water partition coefficient (Wildman–Crippen LogP) is 1.83. The molecular formula is C16H17ClN4O4S. The molecule has 2 aromatic heterocycles. The highest BCUT2D eigenvalue weighted by molar-refractivity contribution is 7.92. The van der Waals surface area contributed by atoms with Crippen molar-refractivity contribution in [2.24, 2.45) is 0 Å². The van der Waals surface area contributed by atoms with Gasteiger partial charge in [-0.2, -0.15) is 5.10 Å². The lowest BCUT2D eigenvalue weighted by Gasteiger charge is -2.08. The number of anilines is 1. The summed E-state index contributed by atoms with van der Waals surface area (Å²) in [5.74, 6) is -0.00967. The van der Waals surface area contributed by atoms with E-state index in [0.717, 1.165) is 0 Å². The molecule has 3 rings (SSSR count). The number of methoxy groups -OCH3 is 1. The maximum absolute atomic E-state index is 13.1. The maximum atomic E-state index is 13.1. The van der Waals surface area contributed by atoms with E-state index >= 15 is 0 Å². The first-order valence-electron chi connectivity index (χ1n) is 7.73. The fourth-order valence-electron chi connectivity index (χ4n) is 2.82. The number of nitrogens with two attached hydrogens (primary N) is 1. The molecule has 0 spiro atoms. The van der Waals surface area contributed by atoms with Crippen LogP contribution in [0.2, 0.25) is 5.02 Å². The quantitative estimate of drug-likeness (QED) is 0.613. The van der Waals surface area contributed by atoms with Crippen molar-refractivity contribution in [3.8, 4) is 0 Å². The average Bonchev–Trinajstić information content (AvgIpc) is 2.89. The number of halogens is 1. The summed E-state index contributed by atoms with van der Waals surface area (Å²) >= 11 is 5.84. The number of rotatable bonds is 6. The zero-order chi connectivity index (χ0) is 18.9. The van der Waals surface area contributed by atoms with Gasteiger partial charge in [0.05, 0.1) is 11.1 Å². The van der Waals surface area contributed by atoms with Crippen LogP contribution in [0.4, 0.5) is 5.82 Å². The monoisotopic (exact) mass is 396 g/mol. The van der Waals surface area contributed by atoms with E-state index in [-0.39, 0.29) is 26.5 Å². The number of hydrogen-bond donors (Lipinski definition) is 2. The number of aryl methyl sites for hydroxylation is 1. The molecule has 0 bridgehead atoms. The molecule has 0 aliphatic carbocycles. The van der Waals surface area contributed by atoms with Gasteiger partial charge in [-0.15, -0.1) is 0 Å². The van der Waals surface area contributed by atoms with Crippen molar-refractivity contribution in [1.29, 1.82) is 0 Å². The van der Waals surface area contributed by atoms with Crippen LogP contribution in [0.1, 0.15) is 6.42 Å². The Kier molecular flexibility index (Phi) is 5.03. The molecule has 138 valence electrons. The van der Waals surface area contributed by atoms with Crippen LogP contribution >= 0.6 is 11.6 Å². The molecular weight excluding hydrogens is 380 g/mol. The Bertz CT molecular complexity index is 1100. The third-order valence-corrected chi connectivity index (χ3v) is 6.10. The molecule has 0 amide bonds. The highest BCUT2D eigenvalue weighted by atomic mass is 35.5. The Hall–Kier alpha value is -2.36. The molecule has 3 aromatic rings. The highest BCUT2D eigenvalue weighted by Crippen LogP contribution is 2.34. The second-order valence-electron chi connectivity index (χ2n) is 5.63. The van der Waals surface area contributed by atoms with Crippen LogP contribution < -0.4 is 11.3 Å². The normalized spacial score (nSPS) is 11.9. The van der Waals surface area contributed by atoms with Crippen molar-refractivity contribution in [3.63, 3.8) is 0 Å². The molecule has 0 aliphatic heterocycles. The van der Waals surface area contributed by atoms with E-state index in [9.17, 15) is 13.2 Å². The Labute approximate surface area is 154 Å². The number of H-pyrrole nitrogens is 1. The van der Waals surface area contributed by atoms with Gasteiger partial charge in [0.1, 0.15) is 16.2 Å². The third-order valence-electron chi connectivity index (χ3n) is 3.99. The Morgan fingerprint density at radius 2 is 2.00 bits per heavy atom. The van der Waals surface area contributed by atoms with Crippen molar-refractivity contribution < 1.29 is 13.2 Å². The lowest BCUT2D eigenvalue weighted by Crippen LogP contribution is -2.14. The van der Waals surface area contributed by atoms with Crippen LogP contribution in [0.5, 0.6) is 0 Å². The van der Waals surface area contributed by atoms with Gasteiger partial charge >= 0.3 is 0 Å². The minimum Gasteiger partial charge on any atom is -0.385 e. The number of aromatic amines is 1. The van der Waals surface area contributed by atoms with Gasteiger partial charge in [0.15, 0.2) is 0 Å². The fraction of sp³-hybridized carbons (Fsp3) is 0.250. The summed E-state index contributed by atoms with van der Waals surface area (Å²) in [6.45, 7) is 0.779. The lowest BCUT2D eigenvalue weighted by molar-refractivity contribution is 0.191. The molecule has 0 aliphatic rings. The SMILES string of the molecule is COCCCn1c(N)c(S(=O)(=O)c2ccc(Cl)cc2)c2cn[nH]c(=O)c21. The van der Waals surface area contributed by atoms with Gasteiger partial charge in [-0.05, 0) is 30.7 Å². The van der Waals surface area contributed by atoms with Gasteiger partial charge in [0.2, 0.25) is 9.84 Å². The number of sulfone groups is 1. The average molecular weight is 397 g/mol. The zero-order valence-corrected chi connectivity index (χ0v) is 15.5. The molecule has 0 saturated carbocycles. The van der Waals surface area contributed by atoms with Gasteiger partial charge in [0, 0.05) is 30.7 Å². The molecule has 3 N–H and O–H groups in total. The van der Waals surface area contributed by atoms with E-state index in [1.165, 1.54) is 35.0 Å². The standard InChI is InChI=1S/C16H17ClN4O4S/c1-25-8-2-7-21-13-12(9-19-20-16(13)22)14(15(21)18)26(23,24)11-5-3-10(17)4-6-11/h3-6,9H,2,7-8,18H2,1H3,(H,20,22). The second kappa shape index (κ2) is 7.10. The number of nitrogens with zero attached hydrogens (tertiary/aromatic N) is 2. The van der Waals surface area contributed by atoms with Crippen molar-refractivity contribution in [3.05, 3.63) is 45.8 Å². The first-order valence-corrected chi connectivity index (χ1v) is 9.59. The largest absolute Gasteiger partial charge is 0.385 e. The third kappa shape index (κ3) is 3.09. The Morgan fingerprint density at radius 3 is 2.65 bits per heavy atom. The van der Waals surface area contributed by atoms with Crippen LogP contribution in [0.15, 0.2) is 45.0 Å². The number of hydrogen-bond acceptors (Lipinski definition) is 6. The minimum absolute atomic E-state index is 0.00967. The smallest absolute Gasteiger partial charge is 0.288 e. The first-order chi connectivity index (χ1) is 12.4. The summed E-state index contributed by atoms with van der Waals surface area (Å²) in [5.41, 5.74) is 5.81. The molecule has 0 atom stereocenters. The molecule has 0 fully saturated rings. The second-order valence-corrected chi connectivity index (χ2v) is 7.95. The van der Waals surface area contributed by atoms with Crippen molar-refractivity contribution in [1.82, 2.24) is 14.8 Å². The van der Waals surface area contributed by atoms with Gasteiger partial charge in [-0.25, -0.2) is 13.5 Å². The molecule has 26 heavy (non-hydrogen) atoms. The summed E-state index contributed by atoms with van der Waals surface area (Å²) < 4.78 is 32.8. The number of nitrogen functional groups attached to an aromatic ring is 1. The van der Waals surface area contributed by atoms with Gasteiger partial charge in [-0.1, -0.05) is 11.6 Å². The summed E-state index contributed by atoms with van der Waals surface area (Å²) in [7, 11) is -2.41. The van der Waals surface area contributed by atoms with E-state index < -0.39 is 15.4 Å².